The molecule has 0 fully saturated rings. The predicted molar refractivity (Wildman–Crippen MR) is 89.7 cm³/mol. The van der Waals surface area contributed by atoms with Crippen molar-refractivity contribution in [3.63, 3.8) is 0 Å². The van der Waals surface area contributed by atoms with E-state index in [1.54, 1.807) is 11.8 Å². The lowest BCUT2D eigenvalue weighted by atomic mass is 10.1. The average molecular weight is 293 g/mol. The van der Waals surface area contributed by atoms with E-state index in [-0.39, 0.29) is 5.91 Å². The third kappa shape index (κ3) is 3.44. The van der Waals surface area contributed by atoms with Crippen LogP contribution in [0.4, 0.5) is 5.69 Å². The molecule has 1 amide bonds. The van der Waals surface area contributed by atoms with E-state index in [2.05, 4.69) is 5.32 Å². The summed E-state index contributed by atoms with van der Waals surface area (Å²) in [7, 11) is 0. The van der Waals surface area contributed by atoms with Gasteiger partial charge in [0, 0.05) is 16.0 Å². The van der Waals surface area contributed by atoms with Crippen LogP contribution in [0.25, 0.3) is 10.8 Å². The fraction of sp³-hybridized carbons (Fsp3) is 0.0556. The summed E-state index contributed by atoms with van der Waals surface area (Å²) in [5, 5.41) is 5.19. The summed E-state index contributed by atoms with van der Waals surface area (Å²) >= 11 is 1.54. The van der Waals surface area contributed by atoms with E-state index in [0.717, 1.165) is 21.4 Å². The van der Waals surface area contributed by atoms with E-state index in [0.29, 0.717) is 5.75 Å². The number of hydrogen-bond acceptors (Lipinski definition) is 2. The van der Waals surface area contributed by atoms with Gasteiger partial charge in [-0.1, -0.05) is 54.6 Å². The van der Waals surface area contributed by atoms with Gasteiger partial charge in [0.1, 0.15) is 0 Å². The van der Waals surface area contributed by atoms with E-state index >= 15 is 0 Å². The molecule has 0 saturated carbocycles. The summed E-state index contributed by atoms with van der Waals surface area (Å²) in [6.07, 6.45) is 0. The fourth-order valence-corrected chi connectivity index (χ4v) is 2.91. The molecule has 3 aromatic rings. The molecule has 0 aromatic heterocycles. The predicted octanol–water partition coefficient (Wildman–Crippen LogP) is 4.57. The van der Waals surface area contributed by atoms with Crippen molar-refractivity contribution in [2.24, 2.45) is 0 Å². The number of nitrogens with one attached hydrogen (secondary N) is 1. The lowest BCUT2D eigenvalue weighted by molar-refractivity contribution is -0.113. The summed E-state index contributed by atoms with van der Waals surface area (Å²) in [6, 6.07) is 23.9. The average Bonchev–Trinajstić information content (AvgIpc) is 2.54. The van der Waals surface area contributed by atoms with Gasteiger partial charge in [-0.25, -0.2) is 0 Å². The highest BCUT2D eigenvalue weighted by Crippen LogP contribution is 2.23. The van der Waals surface area contributed by atoms with Crippen molar-refractivity contribution >= 4 is 34.1 Å². The molecule has 21 heavy (non-hydrogen) atoms. The van der Waals surface area contributed by atoms with Gasteiger partial charge >= 0.3 is 0 Å². The van der Waals surface area contributed by atoms with Crippen LogP contribution in [0.15, 0.2) is 77.7 Å². The quantitative estimate of drug-likeness (QED) is 0.714. The summed E-state index contributed by atoms with van der Waals surface area (Å²) in [5.41, 5.74) is 0.867. The minimum absolute atomic E-state index is 0.0141. The summed E-state index contributed by atoms with van der Waals surface area (Å²) < 4.78 is 0. The molecule has 3 aromatic carbocycles. The highest BCUT2D eigenvalue weighted by Gasteiger charge is 2.06. The molecule has 0 spiro atoms. The Morgan fingerprint density at radius 2 is 1.57 bits per heavy atom. The first kappa shape index (κ1) is 13.7. The molecule has 0 bridgehead atoms. The Morgan fingerprint density at radius 1 is 0.857 bits per heavy atom. The molecule has 104 valence electrons. The van der Waals surface area contributed by atoms with Gasteiger partial charge < -0.3 is 5.32 Å². The smallest absolute Gasteiger partial charge is 0.234 e. The molecule has 0 saturated heterocycles. The zero-order chi connectivity index (χ0) is 14.5. The van der Waals surface area contributed by atoms with E-state index in [4.69, 9.17) is 0 Å². The highest BCUT2D eigenvalue weighted by molar-refractivity contribution is 8.00. The maximum atomic E-state index is 12.1. The molecule has 3 heteroatoms. The number of amides is 1. The van der Waals surface area contributed by atoms with Crippen molar-refractivity contribution < 1.29 is 4.79 Å². The van der Waals surface area contributed by atoms with Crippen molar-refractivity contribution in [2.45, 2.75) is 4.90 Å². The third-order valence-electron chi connectivity index (χ3n) is 3.18. The van der Waals surface area contributed by atoms with Crippen LogP contribution >= 0.6 is 11.8 Å². The van der Waals surface area contributed by atoms with E-state index in [1.165, 1.54) is 0 Å². The van der Waals surface area contributed by atoms with Crippen LogP contribution in [-0.2, 0) is 4.79 Å². The second kappa shape index (κ2) is 6.46. The highest BCUT2D eigenvalue weighted by atomic mass is 32.2. The number of anilines is 1. The molecule has 3 rings (SSSR count). The van der Waals surface area contributed by atoms with Crippen molar-refractivity contribution in [1.29, 1.82) is 0 Å². The van der Waals surface area contributed by atoms with Gasteiger partial charge in [0.25, 0.3) is 0 Å². The number of carbonyl (C=O) groups is 1. The Labute approximate surface area is 128 Å². The first-order chi connectivity index (χ1) is 10.3. The number of fused-ring (bicyclic) bond motifs is 1. The van der Waals surface area contributed by atoms with Crippen LogP contribution < -0.4 is 5.32 Å². The molecule has 1 N–H and O–H groups in total. The first-order valence-electron chi connectivity index (χ1n) is 6.78. The molecular formula is C18H15NOS. The lowest BCUT2D eigenvalue weighted by Crippen LogP contribution is -2.14. The van der Waals surface area contributed by atoms with E-state index in [1.807, 2.05) is 72.8 Å². The Morgan fingerprint density at radius 3 is 2.43 bits per heavy atom. The molecule has 0 radical (unpaired) electrons. The summed E-state index contributed by atoms with van der Waals surface area (Å²) in [4.78, 5) is 13.2. The minimum atomic E-state index is 0.0141. The van der Waals surface area contributed by atoms with Crippen LogP contribution in [0.1, 0.15) is 0 Å². The SMILES string of the molecule is O=C(CSc1ccccc1)Nc1cccc2ccccc12. The Bertz CT molecular complexity index is 750. The van der Waals surface area contributed by atoms with Crippen LogP contribution in [0.2, 0.25) is 0 Å². The number of hydrogen-bond donors (Lipinski definition) is 1. The number of benzene rings is 3. The van der Waals surface area contributed by atoms with Crippen LogP contribution in [0.5, 0.6) is 0 Å². The second-order valence-electron chi connectivity index (χ2n) is 4.68. The van der Waals surface area contributed by atoms with Crippen LogP contribution in [0.3, 0.4) is 0 Å². The molecule has 0 unspecified atom stereocenters. The lowest BCUT2D eigenvalue weighted by Gasteiger charge is -2.08. The van der Waals surface area contributed by atoms with Gasteiger partial charge in [-0.15, -0.1) is 11.8 Å². The van der Waals surface area contributed by atoms with Crippen molar-refractivity contribution in [3.8, 4) is 0 Å². The topological polar surface area (TPSA) is 29.1 Å². The fourth-order valence-electron chi connectivity index (χ4n) is 2.19. The van der Waals surface area contributed by atoms with Gasteiger partial charge in [-0.2, -0.15) is 0 Å². The Balaban J connectivity index is 1.69. The van der Waals surface area contributed by atoms with E-state index < -0.39 is 0 Å². The first-order valence-corrected chi connectivity index (χ1v) is 7.77. The Kier molecular flexibility index (Phi) is 4.22. The minimum Gasteiger partial charge on any atom is -0.325 e. The molecule has 0 atom stereocenters. The van der Waals surface area contributed by atoms with Gasteiger partial charge in [-0.05, 0) is 23.6 Å². The molecule has 0 aliphatic heterocycles. The standard InChI is InChI=1S/C18H15NOS/c20-18(13-21-15-9-2-1-3-10-15)19-17-12-6-8-14-7-4-5-11-16(14)17/h1-12H,13H2,(H,19,20). The van der Waals surface area contributed by atoms with Crippen molar-refractivity contribution in [1.82, 2.24) is 0 Å². The van der Waals surface area contributed by atoms with Gasteiger partial charge in [0.15, 0.2) is 0 Å². The molecule has 0 heterocycles. The van der Waals surface area contributed by atoms with Gasteiger partial charge in [0.05, 0.1) is 5.75 Å². The second-order valence-corrected chi connectivity index (χ2v) is 5.73. The van der Waals surface area contributed by atoms with Gasteiger partial charge in [-0.3, -0.25) is 4.79 Å². The zero-order valence-corrected chi connectivity index (χ0v) is 12.3. The molecule has 0 aliphatic carbocycles. The Hall–Kier alpha value is -2.26. The summed E-state index contributed by atoms with van der Waals surface area (Å²) in [6.45, 7) is 0. The van der Waals surface area contributed by atoms with E-state index in [9.17, 15) is 4.79 Å². The zero-order valence-electron chi connectivity index (χ0n) is 11.5. The molecule has 2 nitrogen and oxygen atoms in total. The van der Waals surface area contributed by atoms with Gasteiger partial charge in [0.2, 0.25) is 5.91 Å². The number of rotatable bonds is 4. The summed E-state index contributed by atoms with van der Waals surface area (Å²) in [5.74, 6) is 0.424. The molecular weight excluding hydrogens is 278 g/mol. The number of thioether (sulfide) groups is 1. The molecule has 0 aliphatic rings. The monoisotopic (exact) mass is 293 g/mol. The third-order valence-corrected chi connectivity index (χ3v) is 4.19. The van der Waals surface area contributed by atoms with Crippen molar-refractivity contribution in [3.05, 3.63) is 72.8 Å². The number of carbonyl (C=O) groups excluding carboxylic acids is 1. The maximum absolute atomic E-state index is 12.1. The van der Waals surface area contributed by atoms with Crippen molar-refractivity contribution in [2.75, 3.05) is 11.1 Å². The normalized spacial score (nSPS) is 10.5. The van der Waals surface area contributed by atoms with Crippen LogP contribution in [0, 0.1) is 0 Å². The largest absolute Gasteiger partial charge is 0.325 e. The maximum Gasteiger partial charge on any atom is 0.234 e. The van der Waals surface area contributed by atoms with Crippen LogP contribution in [-0.4, -0.2) is 11.7 Å².